The Morgan fingerprint density at radius 1 is 1.33 bits per heavy atom. The normalized spacial score (nSPS) is 12.7. The zero-order valence-corrected chi connectivity index (χ0v) is 8.37. The molecule has 1 atom stereocenters. The second kappa shape index (κ2) is 3.82. The number of nitrogens with two attached hydrogens (primary N) is 1. The second-order valence-electron chi connectivity index (χ2n) is 3.50. The van der Waals surface area contributed by atoms with Crippen LogP contribution in [0.2, 0.25) is 0 Å². The van der Waals surface area contributed by atoms with Gasteiger partial charge in [0, 0.05) is 17.2 Å². The molecule has 0 aliphatic rings. The van der Waals surface area contributed by atoms with Crippen molar-refractivity contribution in [3.05, 3.63) is 41.8 Å². The fourth-order valence-electron chi connectivity index (χ4n) is 1.49. The Balaban J connectivity index is 2.45. The number of rotatable bonds is 2. The molecule has 4 heteroatoms. The monoisotopic (exact) mass is 205 g/mol. The van der Waals surface area contributed by atoms with Gasteiger partial charge < -0.3 is 5.73 Å². The molecule has 0 aliphatic heterocycles. The molecule has 1 aromatic carbocycles. The number of aromatic amines is 1. The molecule has 3 nitrogen and oxygen atoms in total. The van der Waals surface area contributed by atoms with Crippen LogP contribution in [0.5, 0.6) is 0 Å². The molecule has 0 saturated heterocycles. The summed E-state index contributed by atoms with van der Waals surface area (Å²) in [6, 6.07) is 6.15. The van der Waals surface area contributed by atoms with Crippen LogP contribution in [0.1, 0.15) is 18.5 Å². The molecule has 0 amide bonds. The first-order chi connectivity index (χ1) is 7.18. The number of nitrogens with zero attached hydrogens (tertiary/aromatic N) is 1. The maximum atomic E-state index is 12.7. The molecular weight excluding hydrogens is 193 g/mol. The van der Waals surface area contributed by atoms with Crippen molar-refractivity contribution >= 4 is 0 Å². The van der Waals surface area contributed by atoms with E-state index in [4.69, 9.17) is 5.73 Å². The van der Waals surface area contributed by atoms with Gasteiger partial charge in [0.25, 0.3) is 0 Å². The minimum atomic E-state index is -0.249. The molecule has 15 heavy (non-hydrogen) atoms. The van der Waals surface area contributed by atoms with E-state index in [0.29, 0.717) is 0 Å². The van der Waals surface area contributed by atoms with Crippen LogP contribution < -0.4 is 5.73 Å². The lowest BCUT2D eigenvalue weighted by atomic mass is 10.0. The van der Waals surface area contributed by atoms with Gasteiger partial charge in [-0.15, -0.1) is 0 Å². The molecule has 0 bridgehead atoms. The van der Waals surface area contributed by atoms with Crippen LogP contribution in [0.25, 0.3) is 11.3 Å². The Morgan fingerprint density at radius 3 is 2.60 bits per heavy atom. The van der Waals surface area contributed by atoms with E-state index in [1.165, 1.54) is 12.1 Å². The molecule has 78 valence electrons. The van der Waals surface area contributed by atoms with Crippen molar-refractivity contribution in [3.8, 4) is 11.3 Å². The molecule has 2 aromatic rings. The summed E-state index contributed by atoms with van der Waals surface area (Å²) in [6.07, 6.45) is 1.70. The van der Waals surface area contributed by atoms with Crippen molar-refractivity contribution in [1.29, 1.82) is 0 Å². The average molecular weight is 205 g/mol. The minimum Gasteiger partial charge on any atom is -0.324 e. The fraction of sp³-hybridized carbons (Fsp3) is 0.182. The first kappa shape index (κ1) is 9.86. The first-order valence-corrected chi connectivity index (χ1v) is 4.73. The van der Waals surface area contributed by atoms with Crippen molar-refractivity contribution < 1.29 is 4.39 Å². The van der Waals surface area contributed by atoms with Crippen LogP contribution in [0, 0.1) is 5.82 Å². The van der Waals surface area contributed by atoms with Gasteiger partial charge in [-0.05, 0) is 31.2 Å². The van der Waals surface area contributed by atoms with E-state index in [1.807, 2.05) is 6.92 Å². The maximum absolute atomic E-state index is 12.7. The van der Waals surface area contributed by atoms with Crippen molar-refractivity contribution in [2.45, 2.75) is 13.0 Å². The molecule has 0 aliphatic carbocycles. The lowest BCUT2D eigenvalue weighted by molar-refractivity contribution is 0.628. The van der Waals surface area contributed by atoms with E-state index in [9.17, 15) is 4.39 Å². The lowest BCUT2D eigenvalue weighted by Crippen LogP contribution is -2.05. The van der Waals surface area contributed by atoms with E-state index in [0.717, 1.165) is 16.8 Å². The topological polar surface area (TPSA) is 54.7 Å². The van der Waals surface area contributed by atoms with Gasteiger partial charge in [0.15, 0.2) is 0 Å². The van der Waals surface area contributed by atoms with Gasteiger partial charge in [-0.25, -0.2) is 4.39 Å². The molecule has 0 spiro atoms. The van der Waals surface area contributed by atoms with Crippen LogP contribution in [-0.4, -0.2) is 10.2 Å². The van der Waals surface area contributed by atoms with Gasteiger partial charge in [0.1, 0.15) is 5.82 Å². The molecular formula is C11H12FN3. The highest BCUT2D eigenvalue weighted by molar-refractivity contribution is 5.63. The van der Waals surface area contributed by atoms with Gasteiger partial charge in [0.05, 0.1) is 11.9 Å². The zero-order valence-electron chi connectivity index (χ0n) is 8.37. The third-order valence-electron chi connectivity index (χ3n) is 2.29. The summed E-state index contributed by atoms with van der Waals surface area (Å²) >= 11 is 0. The predicted octanol–water partition coefficient (Wildman–Crippen LogP) is 2.24. The van der Waals surface area contributed by atoms with Crippen LogP contribution in [0.3, 0.4) is 0 Å². The van der Waals surface area contributed by atoms with Gasteiger partial charge in [-0.1, -0.05) is 0 Å². The van der Waals surface area contributed by atoms with Crippen LogP contribution in [0.15, 0.2) is 30.5 Å². The van der Waals surface area contributed by atoms with Crippen LogP contribution in [0.4, 0.5) is 4.39 Å². The smallest absolute Gasteiger partial charge is 0.123 e. The van der Waals surface area contributed by atoms with Gasteiger partial charge in [-0.2, -0.15) is 5.10 Å². The minimum absolute atomic E-state index is 0.0937. The SMILES string of the molecule is C[C@H](N)c1cn[nH]c1-c1ccc(F)cc1. The van der Waals surface area contributed by atoms with Crippen molar-refractivity contribution in [2.75, 3.05) is 0 Å². The summed E-state index contributed by atoms with van der Waals surface area (Å²) in [5.74, 6) is -0.249. The van der Waals surface area contributed by atoms with Gasteiger partial charge in [0.2, 0.25) is 0 Å². The van der Waals surface area contributed by atoms with Gasteiger partial charge >= 0.3 is 0 Å². The summed E-state index contributed by atoms with van der Waals surface area (Å²) in [5.41, 5.74) is 8.47. The zero-order chi connectivity index (χ0) is 10.8. The maximum Gasteiger partial charge on any atom is 0.123 e. The number of hydrogen-bond donors (Lipinski definition) is 2. The van der Waals surface area contributed by atoms with Crippen LogP contribution >= 0.6 is 0 Å². The van der Waals surface area contributed by atoms with Crippen molar-refractivity contribution in [2.24, 2.45) is 5.73 Å². The van der Waals surface area contributed by atoms with E-state index < -0.39 is 0 Å². The Labute approximate surface area is 87.1 Å². The number of H-pyrrole nitrogens is 1. The lowest BCUT2D eigenvalue weighted by Gasteiger charge is -2.05. The van der Waals surface area contributed by atoms with E-state index in [-0.39, 0.29) is 11.9 Å². The summed E-state index contributed by atoms with van der Waals surface area (Å²) in [7, 11) is 0. The molecule has 2 rings (SSSR count). The molecule has 1 heterocycles. The van der Waals surface area contributed by atoms with Crippen molar-refractivity contribution in [3.63, 3.8) is 0 Å². The Hall–Kier alpha value is -1.68. The Morgan fingerprint density at radius 2 is 2.00 bits per heavy atom. The molecule has 0 unspecified atom stereocenters. The average Bonchev–Trinajstić information content (AvgIpc) is 2.67. The standard InChI is InChI=1S/C11H12FN3/c1-7(13)10-6-14-15-11(10)8-2-4-9(12)5-3-8/h2-7H,13H2,1H3,(H,14,15)/t7-/m0/s1. The van der Waals surface area contributed by atoms with E-state index in [1.54, 1.807) is 18.3 Å². The van der Waals surface area contributed by atoms with E-state index >= 15 is 0 Å². The number of nitrogens with one attached hydrogen (secondary N) is 1. The highest BCUT2D eigenvalue weighted by Gasteiger charge is 2.10. The fourth-order valence-corrected chi connectivity index (χ4v) is 1.49. The molecule has 3 N–H and O–H groups in total. The number of hydrogen-bond acceptors (Lipinski definition) is 2. The summed E-state index contributed by atoms with van der Waals surface area (Å²) in [5, 5.41) is 6.81. The number of benzene rings is 1. The van der Waals surface area contributed by atoms with Gasteiger partial charge in [-0.3, -0.25) is 5.10 Å². The largest absolute Gasteiger partial charge is 0.324 e. The second-order valence-corrected chi connectivity index (χ2v) is 3.50. The Kier molecular flexibility index (Phi) is 2.51. The first-order valence-electron chi connectivity index (χ1n) is 4.73. The summed E-state index contributed by atoms with van der Waals surface area (Å²) < 4.78 is 12.7. The summed E-state index contributed by atoms with van der Waals surface area (Å²) in [6.45, 7) is 1.89. The molecule has 0 saturated carbocycles. The third-order valence-corrected chi connectivity index (χ3v) is 2.29. The highest BCUT2D eigenvalue weighted by atomic mass is 19.1. The third kappa shape index (κ3) is 1.89. The molecule has 1 aromatic heterocycles. The van der Waals surface area contributed by atoms with Crippen LogP contribution in [-0.2, 0) is 0 Å². The summed E-state index contributed by atoms with van der Waals surface area (Å²) in [4.78, 5) is 0. The quantitative estimate of drug-likeness (QED) is 0.789. The molecule has 0 radical (unpaired) electrons. The number of halogens is 1. The Bertz CT molecular complexity index is 445. The number of aromatic nitrogens is 2. The predicted molar refractivity (Wildman–Crippen MR) is 56.6 cm³/mol. The van der Waals surface area contributed by atoms with E-state index in [2.05, 4.69) is 10.2 Å². The van der Waals surface area contributed by atoms with Crippen molar-refractivity contribution in [1.82, 2.24) is 10.2 Å². The molecule has 0 fully saturated rings. The highest BCUT2D eigenvalue weighted by Crippen LogP contribution is 2.24.